The minimum atomic E-state index is 0.909. The van der Waals surface area contributed by atoms with E-state index in [0.29, 0.717) is 0 Å². The molecule has 0 aliphatic heterocycles. The van der Waals surface area contributed by atoms with E-state index < -0.39 is 0 Å². The zero-order valence-electron chi connectivity index (χ0n) is 8.90. The van der Waals surface area contributed by atoms with E-state index >= 15 is 0 Å². The molecule has 1 aromatic heterocycles. The summed E-state index contributed by atoms with van der Waals surface area (Å²) < 4.78 is 0. The molecule has 1 heterocycles. The van der Waals surface area contributed by atoms with E-state index in [9.17, 15) is 0 Å². The summed E-state index contributed by atoms with van der Waals surface area (Å²) in [5, 5.41) is 3.29. The molecule has 4 heteroatoms. The largest absolute Gasteiger partial charge is 0.316 e. The smallest absolute Gasteiger partial charge is 0.115 e. The molecular weight excluding hydrogens is 176 g/mol. The van der Waals surface area contributed by atoms with Gasteiger partial charge >= 0.3 is 0 Å². The molecule has 4 nitrogen and oxygen atoms in total. The maximum atomic E-state index is 3.98. The molecule has 1 N–H and O–H groups in total. The first-order chi connectivity index (χ1) is 6.83. The van der Waals surface area contributed by atoms with Crippen molar-refractivity contribution in [2.75, 3.05) is 26.7 Å². The summed E-state index contributed by atoms with van der Waals surface area (Å²) in [7, 11) is 2.10. The molecule has 78 valence electrons. The van der Waals surface area contributed by atoms with Gasteiger partial charge < -0.3 is 10.2 Å². The van der Waals surface area contributed by atoms with E-state index in [0.717, 1.165) is 31.7 Å². The number of nitrogens with zero attached hydrogens (tertiary/aromatic N) is 3. The number of hydrogen-bond donors (Lipinski definition) is 1. The predicted molar refractivity (Wildman–Crippen MR) is 56.9 cm³/mol. The van der Waals surface area contributed by atoms with Crippen molar-refractivity contribution in [2.45, 2.75) is 13.5 Å². The van der Waals surface area contributed by atoms with Crippen LogP contribution < -0.4 is 5.32 Å². The lowest BCUT2D eigenvalue weighted by Gasteiger charge is -2.15. The average Bonchev–Trinajstić information content (AvgIpc) is 2.20. The van der Waals surface area contributed by atoms with Gasteiger partial charge in [0.2, 0.25) is 0 Å². The van der Waals surface area contributed by atoms with Crippen LogP contribution in [0.25, 0.3) is 0 Å². The fraction of sp³-hybridized carbons (Fsp3) is 0.600. The van der Waals surface area contributed by atoms with Gasteiger partial charge in [-0.15, -0.1) is 0 Å². The monoisotopic (exact) mass is 194 g/mol. The third-order valence-corrected chi connectivity index (χ3v) is 1.99. The Balaban J connectivity index is 2.23. The number of likely N-dealkylation sites (N-methyl/N-ethyl adjacent to an activating group) is 2. The molecule has 1 rings (SSSR count). The van der Waals surface area contributed by atoms with Crippen LogP contribution in [0.4, 0.5) is 0 Å². The van der Waals surface area contributed by atoms with Crippen LogP contribution in [-0.4, -0.2) is 41.5 Å². The van der Waals surface area contributed by atoms with Gasteiger partial charge in [0.05, 0.1) is 0 Å². The summed E-state index contributed by atoms with van der Waals surface area (Å²) in [6.07, 6.45) is 5.27. The lowest BCUT2D eigenvalue weighted by atomic mass is 10.3. The molecule has 0 atom stereocenters. The van der Waals surface area contributed by atoms with Crippen LogP contribution in [0.5, 0.6) is 0 Å². The lowest BCUT2D eigenvalue weighted by molar-refractivity contribution is 0.325. The van der Waals surface area contributed by atoms with Crippen LogP contribution in [0, 0.1) is 0 Å². The van der Waals surface area contributed by atoms with Gasteiger partial charge in [-0.05, 0) is 13.6 Å². The van der Waals surface area contributed by atoms with Gasteiger partial charge in [0.25, 0.3) is 0 Å². The van der Waals surface area contributed by atoms with Crippen LogP contribution in [0.15, 0.2) is 18.7 Å². The van der Waals surface area contributed by atoms with Gasteiger partial charge in [0, 0.05) is 37.6 Å². The second-order valence-corrected chi connectivity index (χ2v) is 3.34. The first kappa shape index (κ1) is 11.1. The lowest BCUT2D eigenvalue weighted by Crippen LogP contribution is -2.28. The number of aromatic nitrogens is 2. The highest BCUT2D eigenvalue weighted by atomic mass is 15.1. The number of hydrogen-bond acceptors (Lipinski definition) is 4. The Kier molecular flexibility index (Phi) is 5.11. The summed E-state index contributed by atoms with van der Waals surface area (Å²) in [5.74, 6) is 0. The van der Waals surface area contributed by atoms with E-state index in [2.05, 4.69) is 34.2 Å². The van der Waals surface area contributed by atoms with Gasteiger partial charge in [-0.1, -0.05) is 6.92 Å². The van der Waals surface area contributed by atoms with Crippen molar-refractivity contribution < 1.29 is 0 Å². The zero-order valence-corrected chi connectivity index (χ0v) is 8.90. The van der Waals surface area contributed by atoms with Crippen molar-refractivity contribution in [3.63, 3.8) is 0 Å². The predicted octanol–water partition coefficient (Wildman–Crippen LogP) is 0.518. The molecule has 0 spiro atoms. The molecule has 1 aromatic rings. The van der Waals surface area contributed by atoms with E-state index in [1.54, 1.807) is 6.33 Å². The van der Waals surface area contributed by atoms with Crippen LogP contribution in [0.2, 0.25) is 0 Å². The van der Waals surface area contributed by atoms with Gasteiger partial charge in [0.1, 0.15) is 6.33 Å². The van der Waals surface area contributed by atoms with Crippen molar-refractivity contribution >= 4 is 0 Å². The Morgan fingerprint density at radius 3 is 2.71 bits per heavy atom. The number of rotatable bonds is 6. The average molecular weight is 194 g/mol. The Morgan fingerprint density at radius 1 is 1.36 bits per heavy atom. The molecule has 0 bridgehead atoms. The first-order valence-electron chi connectivity index (χ1n) is 4.96. The van der Waals surface area contributed by atoms with Crippen LogP contribution in [-0.2, 0) is 6.54 Å². The SMILES string of the molecule is CCNCCN(C)Cc1cncnc1. The Labute approximate surface area is 85.4 Å². The van der Waals surface area contributed by atoms with Gasteiger partial charge in [-0.25, -0.2) is 9.97 Å². The van der Waals surface area contributed by atoms with E-state index in [1.165, 1.54) is 0 Å². The summed E-state index contributed by atoms with van der Waals surface area (Å²) in [6.45, 7) is 6.13. The van der Waals surface area contributed by atoms with Gasteiger partial charge in [-0.2, -0.15) is 0 Å². The van der Waals surface area contributed by atoms with Crippen molar-refractivity contribution in [3.05, 3.63) is 24.3 Å². The highest BCUT2D eigenvalue weighted by Crippen LogP contribution is 1.97. The molecule has 0 aliphatic carbocycles. The minimum absolute atomic E-state index is 0.909. The maximum Gasteiger partial charge on any atom is 0.115 e. The molecule has 0 saturated heterocycles. The van der Waals surface area contributed by atoms with Crippen molar-refractivity contribution in [3.8, 4) is 0 Å². The Morgan fingerprint density at radius 2 is 2.07 bits per heavy atom. The van der Waals surface area contributed by atoms with Crippen molar-refractivity contribution in [2.24, 2.45) is 0 Å². The van der Waals surface area contributed by atoms with Crippen LogP contribution in [0.3, 0.4) is 0 Å². The van der Waals surface area contributed by atoms with E-state index in [1.807, 2.05) is 12.4 Å². The second-order valence-electron chi connectivity index (χ2n) is 3.34. The molecule has 0 amide bonds. The third kappa shape index (κ3) is 4.30. The Hall–Kier alpha value is -1.00. The quantitative estimate of drug-likeness (QED) is 0.670. The molecule has 0 saturated carbocycles. The van der Waals surface area contributed by atoms with E-state index in [-0.39, 0.29) is 0 Å². The zero-order chi connectivity index (χ0) is 10.2. The van der Waals surface area contributed by atoms with Crippen LogP contribution in [0.1, 0.15) is 12.5 Å². The summed E-state index contributed by atoms with van der Waals surface area (Å²) in [5.41, 5.74) is 1.16. The normalized spacial score (nSPS) is 10.8. The highest BCUT2D eigenvalue weighted by molar-refractivity contribution is 5.01. The second kappa shape index (κ2) is 6.45. The molecule has 0 unspecified atom stereocenters. The minimum Gasteiger partial charge on any atom is -0.316 e. The topological polar surface area (TPSA) is 41.0 Å². The van der Waals surface area contributed by atoms with Gasteiger partial charge in [0.15, 0.2) is 0 Å². The van der Waals surface area contributed by atoms with E-state index in [4.69, 9.17) is 0 Å². The van der Waals surface area contributed by atoms with Gasteiger partial charge in [-0.3, -0.25) is 0 Å². The molecule has 0 radical (unpaired) electrons. The summed E-state index contributed by atoms with van der Waals surface area (Å²) >= 11 is 0. The molecule has 0 fully saturated rings. The Bertz CT molecular complexity index is 237. The van der Waals surface area contributed by atoms with Crippen LogP contribution >= 0.6 is 0 Å². The number of nitrogens with one attached hydrogen (secondary N) is 1. The standard InChI is InChI=1S/C10H18N4/c1-3-11-4-5-14(2)8-10-6-12-9-13-7-10/h6-7,9,11H,3-5,8H2,1-2H3. The molecular formula is C10H18N4. The molecule has 0 aliphatic rings. The maximum absolute atomic E-state index is 3.98. The fourth-order valence-corrected chi connectivity index (χ4v) is 1.25. The fourth-order valence-electron chi connectivity index (χ4n) is 1.25. The summed E-state index contributed by atoms with van der Waals surface area (Å²) in [6, 6.07) is 0. The first-order valence-corrected chi connectivity index (χ1v) is 4.96. The summed E-state index contributed by atoms with van der Waals surface area (Å²) in [4.78, 5) is 10.2. The third-order valence-electron chi connectivity index (χ3n) is 1.99. The molecule has 0 aromatic carbocycles. The van der Waals surface area contributed by atoms with Crippen molar-refractivity contribution in [1.29, 1.82) is 0 Å². The highest BCUT2D eigenvalue weighted by Gasteiger charge is 1.99. The van der Waals surface area contributed by atoms with Crippen molar-refractivity contribution in [1.82, 2.24) is 20.2 Å². The molecule has 14 heavy (non-hydrogen) atoms.